The summed E-state index contributed by atoms with van der Waals surface area (Å²) in [6.07, 6.45) is 2.43. The Balaban J connectivity index is 0. The van der Waals surface area contributed by atoms with E-state index in [4.69, 9.17) is 8.81 Å². The van der Waals surface area contributed by atoms with Crippen molar-refractivity contribution in [3.63, 3.8) is 0 Å². The predicted octanol–water partition coefficient (Wildman–Crippen LogP) is -1.22. The molecule has 0 rings (SSSR count). The van der Waals surface area contributed by atoms with Crippen molar-refractivity contribution in [2.24, 2.45) is 5.73 Å². The first-order valence-electron chi connectivity index (χ1n) is 4.35. The third-order valence-corrected chi connectivity index (χ3v) is 8.30. The van der Waals surface area contributed by atoms with Crippen LogP contribution in [0, 0.1) is 0 Å². The van der Waals surface area contributed by atoms with Crippen LogP contribution < -0.4 is 22.7 Å². The average Bonchev–Trinajstić information content (AvgIpc) is 1.98. The number of halogens is 1. The Morgan fingerprint density at radius 2 is 2.08 bits per heavy atom. The molecule has 4 heteroatoms. The second kappa shape index (κ2) is 10.3. The number of hydrogen-bond donors (Lipinski definition) is 1. The largest absolute Gasteiger partial charge is 1.00 e. The summed E-state index contributed by atoms with van der Waals surface area (Å²) in [5, 5.41) is 0. The van der Waals surface area contributed by atoms with Gasteiger partial charge in [-0.1, -0.05) is 0 Å². The minimum absolute atomic E-state index is 0. The molecule has 0 aromatic heterocycles. The third kappa shape index (κ3) is 9.29. The van der Waals surface area contributed by atoms with Gasteiger partial charge in [0, 0.05) is 0 Å². The summed E-state index contributed by atoms with van der Waals surface area (Å²) in [7, 11) is 1.87. The summed E-state index contributed by atoms with van der Waals surface area (Å²) in [6, 6.07) is 0.369. The fourth-order valence-electron chi connectivity index (χ4n) is 1.04. The van der Waals surface area contributed by atoms with Crippen molar-refractivity contribution in [3.05, 3.63) is 0 Å². The van der Waals surface area contributed by atoms with E-state index < -0.39 is 20.2 Å². The van der Waals surface area contributed by atoms with Gasteiger partial charge in [0.05, 0.1) is 0 Å². The maximum Gasteiger partial charge on any atom is -1.00 e. The van der Waals surface area contributed by atoms with Gasteiger partial charge in [0.25, 0.3) is 0 Å². The molecule has 0 spiro atoms. The van der Waals surface area contributed by atoms with Crippen LogP contribution in [0.15, 0.2) is 0 Å². The van der Waals surface area contributed by atoms with Crippen LogP contribution in [-0.2, 0) is 3.07 Å². The van der Waals surface area contributed by atoms with Gasteiger partial charge in [-0.25, -0.2) is 0 Å². The van der Waals surface area contributed by atoms with Gasteiger partial charge in [0.2, 0.25) is 0 Å². The van der Waals surface area contributed by atoms with E-state index in [2.05, 4.69) is 13.8 Å². The van der Waals surface area contributed by atoms with Crippen LogP contribution in [0.1, 0.15) is 26.7 Å². The molecule has 0 aliphatic rings. The summed E-state index contributed by atoms with van der Waals surface area (Å²) < 4.78 is 8.08. The first-order chi connectivity index (χ1) is 5.20. The van der Waals surface area contributed by atoms with Gasteiger partial charge in [-0.05, 0) is 0 Å². The maximum atomic E-state index is 5.64. The van der Waals surface area contributed by atoms with E-state index in [0.29, 0.717) is 6.04 Å². The van der Waals surface area contributed by atoms with Crippen molar-refractivity contribution in [2.75, 3.05) is 7.11 Å². The van der Waals surface area contributed by atoms with Crippen LogP contribution in [0.25, 0.3) is 0 Å². The van der Waals surface area contributed by atoms with Crippen molar-refractivity contribution in [2.45, 2.75) is 41.6 Å². The van der Waals surface area contributed by atoms with Gasteiger partial charge in [0.15, 0.2) is 0 Å². The molecular formula is C8H20BrNOSn. The van der Waals surface area contributed by atoms with E-state index in [0.717, 1.165) is 6.42 Å². The Morgan fingerprint density at radius 1 is 1.50 bits per heavy atom. The zero-order valence-corrected chi connectivity index (χ0v) is 12.7. The fourth-order valence-corrected chi connectivity index (χ4v) is 5.17. The Hall–Kier alpha value is 1.20. The second-order valence-corrected chi connectivity index (χ2v) is 10.7. The third-order valence-electron chi connectivity index (χ3n) is 1.80. The molecule has 74 valence electrons. The maximum absolute atomic E-state index is 5.64. The molecule has 0 saturated carbocycles. The fraction of sp³-hybridized carbons (Fsp3) is 1.00. The number of nitrogens with two attached hydrogens (primary N) is 1. The second-order valence-electron chi connectivity index (χ2n) is 2.97. The van der Waals surface area contributed by atoms with Crippen molar-refractivity contribution >= 4 is 20.2 Å². The molecule has 0 amide bonds. The van der Waals surface area contributed by atoms with E-state index in [1.807, 2.05) is 7.11 Å². The Labute approximate surface area is 94.3 Å². The number of hydrogen-bond acceptors (Lipinski definition) is 2. The summed E-state index contributed by atoms with van der Waals surface area (Å²) in [6.45, 7) is 4.31. The molecule has 0 aliphatic carbocycles. The van der Waals surface area contributed by atoms with Crippen molar-refractivity contribution in [1.29, 1.82) is 0 Å². The van der Waals surface area contributed by atoms with E-state index in [-0.39, 0.29) is 17.0 Å². The first-order valence-corrected chi connectivity index (χ1v) is 9.55. The van der Waals surface area contributed by atoms with Crippen molar-refractivity contribution in [1.82, 2.24) is 0 Å². The molecule has 2 N–H and O–H groups in total. The molecule has 12 heavy (non-hydrogen) atoms. The predicted molar refractivity (Wildman–Crippen MR) is 50.9 cm³/mol. The van der Waals surface area contributed by atoms with Crippen molar-refractivity contribution in [3.8, 4) is 0 Å². The molecule has 0 radical (unpaired) electrons. The summed E-state index contributed by atoms with van der Waals surface area (Å²) in [5.41, 5.74) is 5.64. The zero-order chi connectivity index (χ0) is 8.69. The van der Waals surface area contributed by atoms with E-state index >= 15 is 0 Å². The average molecular weight is 345 g/mol. The van der Waals surface area contributed by atoms with Gasteiger partial charge >= 0.3 is 77.7 Å². The van der Waals surface area contributed by atoms with Gasteiger partial charge in [-0.2, -0.15) is 0 Å². The Morgan fingerprint density at radius 3 is 2.42 bits per heavy atom. The standard InChI is InChI=1S/C5H12N.C2H5.CH3O.BrH.Sn/c1-3-4-5(2)6;2*1-2;;/h5H,1,3-4,6H2,2H3;1H2,2H3;1H3;1H;/q;;-1;;+2/p-1. The van der Waals surface area contributed by atoms with E-state index in [9.17, 15) is 0 Å². The van der Waals surface area contributed by atoms with Crippen molar-refractivity contribution < 1.29 is 20.1 Å². The van der Waals surface area contributed by atoms with Crippen LogP contribution in [0.3, 0.4) is 0 Å². The SMILES string of the molecule is C[CH2][Sn+]([CH2]CCC(C)N)[O]C.[Br-]. The van der Waals surface area contributed by atoms with Gasteiger partial charge < -0.3 is 17.0 Å². The molecule has 0 aromatic carbocycles. The molecule has 0 bridgehead atoms. The molecule has 2 nitrogen and oxygen atoms in total. The molecule has 0 heterocycles. The normalized spacial score (nSPS) is 12.0. The summed E-state index contributed by atoms with van der Waals surface area (Å²) in [5.74, 6) is 0. The molecule has 1 unspecified atom stereocenters. The van der Waals surface area contributed by atoms with Crippen LogP contribution in [0.4, 0.5) is 0 Å². The summed E-state index contributed by atoms with van der Waals surface area (Å²) >= 11 is -1.32. The topological polar surface area (TPSA) is 35.2 Å². The quantitative estimate of drug-likeness (QED) is 0.613. The van der Waals surface area contributed by atoms with Crippen LogP contribution >= 0.6 is 0 Å². The van der Waals surface area contributed by atoms with Crippen LogP contribution in [0.5, 0.6) is 0 Å². The number of rotatable bonds is 6. The van der Waals surface area contributed by atoms with E-state index in [1.54, 1.807) is 0 Å². The molecule has 0 saturated heterocycles. The molecular weight excluding hydrogens is 325 g/mol. The minimum Gasteiger partial charge on any atom is -1.00 e. The molecule has 0 aliphatic heterocycles. The van der Waals surface area contributed by atoms with Gasteiger partial charge in [-0.15, -0.1) is 0 Å². The van der Waals surface area contributed by atoms with Crippen LogP contribution in [0.2, 0.25) is 8.87 Å². The zero-order valence-electron chi connectivity index (χ0n) is 8.27. The summed E-state index contributed by atoms with van der Waals surface area (Å²) in [4.78, 5) is 0. The van der Waals surface area contributed by atoms with Crippen LogP contribution in [-0.4, -0.2) is 33.3 Å². The smallest absolute Gasteiger partial charge is 1.00 e. The monoisotopic (exact) mass is 345 g/mol. The molecule has 0 fully saturated rings. The van der Waals surface area contributed by atoms with E-state index in [1.165, 1.54) is 15.3 Å². The Kier molecular flexibility index (Phi) is 13.4. The van der Waals surface area contributed by atoms with Gasteiger partial charge in [0.1, 0.15) is 0 Å². The molecule has 0 aromatic rings. The minimum atomic E-state index is -1.32. The first kappa shape index (κ1) is 15.7. The Bertz CT molecular complexity index is 89.1. The molecule has 1 atom stereocenters. The van der Waals surface area contributed by atoms with Gasteiger partial charge in [-0.3, -0.25) is 0 Å².